The van der Waals surface area contributed by atoms with Crippen LogP contribution in [-0.4, -0.2) is 23.2 Å². The number of ether oxygens (including phenoxy) is 1. The van der Waals surface area contributed by atoms with E-state index >= 15 is 0 Å². The van der Waals surface area contributed by atoms with Gasteiger partial charge in [0.25, 0.3) is 5.91 Å². The highest BCUT2D eigenvalue weighted by atomic mass is 19.1. The van der Waals surface area contributed by atoms with Crippen molar-refractivity contribution in [3.05, 3.63) is 69.5 Å². The maximum Gasteiger partial charge on any atom is 0.311 e. The first-order valence-corrected chi connectivity index (χ1v) is 7.33. The summed E-state index contributed by atoms with van der Waals surface area (Å²) < 4.78 is 18.2. The number of rotatable bonds is 7. The van der Waals surface area contributed by atoms with E-state index in [-0.39, 0.29) is 23.7 Å². The third-order valence-corrected chi connectivity index (χ3v) is 3.37. The highest BCUT2D eigenvalue weighted by Crippen LogP contribution is 2.28. The molecule has 0 fully saturated rings. The molecule has 0 heterocycles. The maximum absolute atomic E-state index is 12.8. The molecule has 2 aromatic rings. The molecule has 130 valence electrons. The summed E-state index contributed by atoms with van der Waals surface area (Å²) in [5, 5.41) is 13.7. The summed E-state index contributed by atoms with van der Waals surface area (Å²) in [7, 11) is 0. The van der Waals surface area contributed by atoms with Gasteiger partial charge in [0.05, 0.1) is 4.92 Å². The number of nitrogens with one attached hydrogen (secondary N) is 1. The Kier molecular flexibility index (Phi) is 5.78. The van der Waals surface area contributed by atoms with Crippen molar-refractivity contribution in [2.45, 2.75) is 19.6 Å². The molecule has 0 unspecified atom stereocenters. The van der Waals surface area contributed by atoms with E-state index in [1.807, 2.05) is 0 Å². The lowest BCUT2D eigenvalue weighted by molar-refractivity contribution is -0.386. The van der Waals surface area contributed by atoms with Crippen LogP contribution in [0, 0.1) is 15.9 Å². The normalized spacial score (nSPS) is 11.4. The van der Waals surface area contributed by atoms with Crippen LogP contribution in [-0.2, 0) is 11.3 Å². The standard InChI is InChI=1S/C17H15FN2O5/c1-11(17(22)19-9-12-2-5-14(18)6-3-12)25-16-7-4-13(10-21)8-15(16)20(23)24/h2-8,10-11H,9H2,1H3,(H,19,22)/t11-/m1/s1. The highest BCUT2D eigenvalue weighted by Gasteiger charge is 2.21. The minimum atomic E-state index is -0.999. The Bertz CT molecular complexity index is 792. The number of hydrogen-bond acceptors (Lipinski definition) is 5. The lowest BCUT2D eigenvalue weighted by Crippen LogP contribution is -2.36. The number of nitrogens with zero attached hydrogens (tertiary/aromatic N) is 1. The van der Waals surface area contributed by atoms with Gasteiger partial charge >= 0.3 is 5.69 Å². The Labute approximate surface area is 142 Å². The van der Waals surface area contributed by atoms with Gasteiger partial charge in [-0.2, -0.15) is 0 Å². The number of amides is 1. The second kappa shape index (κ2) is 8.00. The van der Waals surface area contributed by atoms with Crippen LogP contribution in [0.5, 0.6) is 5.75 Å². The fourth-order valence-electron chi connectivity index (χ4n) is 2.03. The molecular weight excluding hydrogens is 331 g/mol. The van der Waals surface area contributed by atoms with Gasteiger partial charge in [-0.1, -0.05) is 12.1 Å². The Morgan fingerprint density at radius 1 is 1.32 bits per heavy atom. The summed E-state index contributed by atoms with van der Waals surface area (Å²) in [5.74, 6) is -0.976. The fraction of sp³-hybridized carbons (Fsp3) is 0.176. The van der Waals surface area contributed by atoms with Crippen molar-refractivity contribution in [1.29, 1.82) is 0 Å². The molecule has 2 aromatic carbocycles. The molecule has 0 aliphatic heterocycles. The summed E-state index contributed by atoms with van der Waals surface area (Å²) in [6.45, 7) is 1.61. The van der Waals surface area contributed by atoms with E-state index in [2.05, 4.69) is 5.32 Å². The van der Waals surface area contributed by atoms with E-state index in [0.29, 0.717) is 11.8 Å². The SMILES string of the molecule is C[C@@H](Oc1ccc(C=O)cc1[N+](=O)[O-])C(=O)NCc1ccc(F)cc1. The molecular formula is C17H15FN2O5. The Morgan fingerprint density at radius 3 is 2.60 bits per heavy atom. The topological polar surface area (TPSA) is 98.5 Å². The van der Waals surface area contributed by atoms with Crippen molar-refractivity contribution < 1.29 is 23.6 Å². The molecule has 0 spiro atoms. The molecule has 0 saturated carbocycles. The first kappa shape index (κ1) is 18.1. The summed E-state index contributed by atoms with van der Waals surface area (Å²) in [6.07, 6.45) is -0.517. The van der Waals surface area contributed by atoms with Gasteiger partial charge in [0, 0.05) is 18.2 Å². The zero-order valence-corrected chi connectivity index (χ0v) is 13.3. The predicted octanol–water partition coefficient (Wildman–Crippen LogP) is 2.63. The maximum atomic E-state index is 12.8. The van der Waals surface area contributed by atoms with Crippen molar-refractivity contribution in [3.8, 4) is 5.75 Å². The van der Waals surface area contributed by atoms with Gasteiger partial charge in [0.15, 0.2) is 11.9 Å². The summed E-state index contributed by atoms with van der Waals surface area (Å²) in [5.41, 5.74) is 0.429. The van der Waals surface area contributed by atoms with Crippen molar-refractivity contribution in [2.75, 3.05) is 0 Å². The summed E-state index contributed by atoms with van der Waals surface area (Å²) in [4.78, 5) is 33.1. The monoisotopic (exact) mass is 346 g/mol. The number of nitro groups is 1. The first-order valence-electron chi connectivity index (χ1n) is 7.33. The van der Waals surface area contributed by atoms with E-state index in [9.17, 15) is 24.1 Å². The van der Waals surface area contributed by atoms with Gasteiger partial charge in [-0.3, -0.25) is 19.7 Å². The van der Waals surface area contributed by atoms with Crippen molar-refractivity contribution >= 4 is 17.9 Å². The lowest BCUT2D eigenvalue weighted by Gasteiger charge is -2.15. The molecule has 7 nitrogen and oxygen atoms in total. The van der Waals surface area contributed by atoms with Gasteiger partial charge in [0.1, 0.15) is 12.1 Å². The van der Waals surface area contributed by atoms with Gasteiger partial charge < -0.3 is 10.1 Å². The molecule has 0 saturated heterocycles. The summed E-state index contributed by atoms with van der Waals surface area (Å²) >= 11 is 0. The number of benzene rings is 2. The minimum Gasteiger partial charge on any atom is -0.474 e. The molecule has 8 heteroatoms. The number of nitro benzene ring substituents is 1. The van der Waals surface area contributed by atoms with Gasteiger partial charge in [-0.25, -0.2) is 4.39 Å². The molecule has 0 radical (unpaired) electrons. The van der Waals surface area contributed by atoms with E-state index in [1.54, 1.807) is 0 Å². The zero-order valence-electron chi connectivity index (χ0n) is 13.3. The van der Waals surface area contributed by atoms with Crippen LogP contribution in [0.3, 0.4) is 0 Å². The van der Waals surface area contributed by atoms with E-state index in [0.717, 1.165) is 6.07 Å². The number of aldehydes is 1. The van der Waals surface area contributed by atoms with Gasteiger partial charge in [-0.15, -0.1) is 0 Å². The highest BCUT2D eigenvalue weighted by molar-refractivity contribution is 5.81. The summed E-state index contributed by atoms with van der Waals surface area (Å²) in [6, 6.07) is 9.32. The van der Waals surface area contributed by atoms with E-state index in [1.165, 1.54) is 43.3 Å². The predicted molar refractivity (Wildman–Crippen MR) is 86.8 cm³/mol. The van der Waals surface area contributed by atoms with Crippen LogP contribution in [0.2, 0.25) is 0 Å². The number of halogens is 1. The van der Waals surface area contributed by atoms with Crippen molar-refractivity contribution in [1.82, 2.24) is 5.32 Å². The molecule has 1 N–H and O–H groups in total. The molecule has 0 bridgehead atoms. The third kappa shape index (κ3) is 4.84. The van der Waals surface area contributed by atoms with E-state index < -0.39 is 22.6 Å². The molecule has 0 aromatic heterocycles. The lowest BCUT2D eigenvalue weighted by atomic mass is 10.2. The number of carbonyl (C=O) groups excluding carboxylic acids is 2. The Balaban J connectivity index is 2.02. The molecule has 1 atom stereocenters. The number of carbonyl (C=O) groups is 2. The Hall–Kier alpha value is -3.29. The molecule has 1 amide bonds. The second-order valence-electron chi connectivity index (χ2n) is 5.21. The quantitative estimate of drug-likeness (QED) is 0.472. The Morgan fingerprint density at radius 2 is 2.00 bits per heavy atom. The second-order valence-corrected chi connectivity index (χ2v) is 5.21. The smallest absolute Gasteiger partial charge is 0.311 e. The average Bonchev–Trinajstić information content (AvgIpc) is 2.61. The first-order chi connectivity index (χ1) is 11.9. The third-order valence-electron chi connectivity index (χ3n) is 3.37. The zero-order chi connectivity index (χ0) is 18.4. The number of hydrogen-bond donors (Lipinski definition) is 1. The van der Waals surface area contributed by atoms with Crippen LogP contribution in [0.15, 0.2) is 42.5 Å². The van der Waals surface area contributed by atoms with Crippen LogP contribution in [0.4, 0.5) is 10.1 Å². The van der Waals surface area contributed by atoms with Crippen LogP contribution >= 0.6 is 0 Å². The van der Waals surface area contributed by atoms with Gasteiger partial charge in [0.2, 0.25) is 0 Å². The fourth-order valence-corrected chi connectivity index (χ4v) is 2.03. The van der Waals surface area contributed by atoms with Crippen LogP contribution in [0.1, 0.15) is 22.8 Å². The molecule has 25 heavy (non-hydrogen) atoms. The molecule has 0 aliphatic rings. The largest absolute Gasteiger partial charge is 0.474 e. The van der Waals surface area contributed by atoms with E-state index in [4.69, 9.17) is 4.74 Å². The molecule has 2 rings (SSSR count). The molecule has 0 aliphatic carbocycles. The van der Waals surface area contributed by atoms with Gasteiger partial charge in [-0.05, 0) is 36.8 Å². The van der Waals surface area contributed by atoms with Crippen LogP contribution < -0.4 is 10.1 Å². The minimum absolute atomic E-state index is 0.111. The average molecular weight is 346 g/mol. The van der Waals surface area contributed by atoms with Crippen molar-refractivity contribution in [3.63, 3.8) is 0 Å². The van der Waals surface area contributed by atoms with Crippen LogP contribution in [0.25, 0.3) is 0 Å². The van der Waals surface area contributed by atoms with Crippen molar-refractivity contribution in [2.24, 2.45) is 0 Å².